The van der Waals surface area contributed by atoms with Gasteiger partial charge in [0.25, 0.3) is 0 Å². The average Bonchev–Trinajstić information content (AvgIpc) is 2.88. The summed E-state index contributed by atoms with van der Waals surface area (Å²) < 4.78 is 12.4. The van der Waals surface area contributed by atoms with Crippen molar-refractivity contribution >= 4 is 25.8 Å². The highest BCUT2D eigenvalue weighted by molar-refractivity contribution is 8.36. The van der Waals surface area contributed by atoms with Crippen LogP contribution in [0.4, 0.5) is 0 Å². The van der Waals surface area contributed by atoms with E-state index in [4.69, 9.17) is 9.47 Å². The van der Waals surface area contributed by atoms with Crippen molar-refractivity contribution in [2.24, 2.45) is 0 Å². The van der Waals surface area contributed by atoms with Crippen LogP contribution in [0.15, 0.2) is 60.7 Å². The molecule has 4 heteroatoms. The van der Waals surface area contributed by atoms with Crippen molar-refractivity contribution in [1.29, 1.82) is 0 Å². The van der Waals surface area contributed by atoms with Gasteiger partial charge in [0.15, 0.2) is 5.79 Å². The molecule has 0 amide bonds. The summed E-state index contributed by atoms with van der Waals surface area (Å²) in [6.45, 7) is 4.09. The van der Waals surface area contributed by atoms with E-state index in [2.05, 4.69) is 60.7 Å². The molecule has 2 nitrogen and oxygen atoms in total. The molecule has 2 aliphatic rings. The predicted octanol–water partition coefficient (Wildman–Crippen LogP) is 4.05. The molecule has 2 heterocycles. The molecule has 2 unspecified atom stereocenters. The highest BCUT2D eigenvalue weighted by Gasteiger charge is 2.48. The van der Waals surface area contributed by atoms with Gasteiger partial charge in [0.2, 0.25) is 0 Å². The second-order valence-electron chi connectivity index (χ2n) is 6.55. The Morgan fingerprint density at radius 1 is 0.739 bits per heavy atom. The van der Waals surface area contributed by atoms with E-state index in [1.54, 1.807) is 0 Å². The van der Waals surface area contributed by atoms with E-state index in [0.29, 0.717) is 0 Å². The largest absolute Gasteiger partial charge is 0.344 e. The highest BCUT2D eigenvalue weighted by atomic mass is 32.1. The van der Waals surface area contributed by atoms with Gasteiger partial charge in [-0.3, -0.25) is 0 Å². The molecule has 2 aromatic carbocycles. The summed E-state index contributed by atoms with van der Waals surface area (Å²) in [5.41, 5.74) is 0. The SMILES string of the molecule is CC1(C)O[C@H]2CP(c3ccccc3)P(c3ccccc3)C[C@@H]2O1. The molecule has 2 fully saturated rings. The van der Waals surface area contributed by atoms with Crippen LogP contribution >= 0.6 is 15.2 Å². The van der Waals surface area contributed by atoms with Gasteiger partial charge >= 0.3 is 0 Å². The Morgan fingerprint density at radius 3 is 1.52 bits per heavy atom. The molecule has 0 aliphatic carbocycles. The molecule has 4 atom stereocenters. The number of fused-ring (bicyclic) bond motifs is 1. The molecule has 2 aliphatic heterocycles. The van der Waals surface area contributed by atoms with Gasteiger partial charge in [-0.05, 0) is 39.7 Å². The van der Waals surface area contributed by atoms with Gasteiger partial charge in [0.05, 0.1) is 12.2 Å². The van der Waals surface area contributed by atoms with Crippen LogP contribution < -0.4 is 10.6 Å². The first-order chi connectivity index (χ1) is 11.1. The molecule has 0 saturated carbocycles. The molecule has 0 spiro atoms. The molecule has 0 aromatic heterocycles. The first-order valence-electron chi connectivity index (χ1n) is 8.13. The first-order valence-corrected chi connectivity index (χ1v) is 11.9. The summed E-state index contributed by atoms with van der Waals surface area (Å²) in [4.78, 5) is 0. The van der Waals surface area contributed by atoms with Crippen molar-refractivity contribution in [3.8, 4) is 0 Å². The number of rotatable bonds is 2. The van der Waals surface area contributed by atoms with Crippen LogP contribution in [0.1, 0.15) is 13.8 Å². The maximum atomic E-state index is 6.19. The molecule has 120 valence electrons. The Morgan fingerprint density at radius 2 is 1.13 bits per heavy atom. The topological polar surface area (TPSA) is 18.5 Å². The third-order valence-electron chi connectivity index (χ3n) is 4.39. The van der Waals surface area contributed by atoms with Gasteiger partial charge in [0, 0.05) is 12.3 Å². The Bertz CT molecular complexity index is 602. The Kier molecular flexibility index (Phi) is 4.28. The van der Waals surface area contributed by atoms with E-state index in [0.717, 1.165) is 12.3 Å². The van der Waals surface area contributed by atoms with Gasteiger partial charge in [-0.2, -0.15) is 0 Å². The van der Waals surface area contributed by atoms with E-state index < -0.39 is 5.79 Å². The lowest BCUT2D eigenvalue weighted by atomic mass is 10.3. The van der Waals surface area contributed by atoms with Crippen molar-refractivity contribution in [2.75, 3.05) is 12.3 Å². The van der Waals surface area contributed by atoms with Crippen LogP contribution in [-0.2, 0) is 9.47 Å². The van der Waals surface area contributed by atoms with Gasteiger partial charge < -0.3 is 9.47 Å². The van der Waals surface area contributed by atoms with Crippen LogP contribution in [0.3, 0.4) is 0 Å². The maximum absolute atomic E-state index is 6.19. The van der Waals surface area contributed by atoms with Crippen LogP contribution in [-0.4, -0.2) is 30.3 Å². The first kappa shape index (κ1) is 15.7. The number of hydrogen-bond donors (Lipinski definition) is 0. The van der Waals surface area contributed by atoms with Crippen molar-refractivity contribution < 1.29 is 9.47 Å². The van der Waals surface area contributed by atoms with Crippen LogP contribution in [0.2, 0.25) is 0 Å². The minimum Gasteiger partial charge on any atom is -0.344 e. The zero-order valence-electron chi connectivity index (χ0n) is 13.6. The summed E-state index contributed by atoms with van der Waals surface area (Å²) >= 11 is 0. The third-order valence-corrected chi connectivity index (χ3v) is 12.3. The van der Waals surface area contributed by atoms with E-state index in [9.17, 15) is 0 Å². The smallest absolute Gasteiger partial charge is 0.163 e. The fourth-order valence-corrected chi connectivity index (χ4v) is 11.8. The molecular weight excluding hydrogens is 322 g/mol. The summed E-state index contributed by atoms with van der Waals surface area (Å²) in [6, 6.07) is 22.1. The third kappa shape index (κ3) is 3.24. The Labute approximate surface area is 140 Å². The van der Waals surface area contributed by atoms with Gasteiger partial charge in [-0.15, -0.1) is 0 Å². The van der Waals surface area contributed by atoms with Crippen LogP contribution in [0, 0.1) is 0 Å². The minimum atomic E-state index is -0.435. The zero-order chi connectivity index (χ0) is 15.9. The Balaban J connectivity index is 1.69. The molecule has 0 N–H and O–H groups in total. The second kappa shape index (κ2) is 6.26. The molecule has 2 saturated heterocycles. The average molecular weight is 344 g/mol. The van der Waals surface area contributed by atoms with Crippen LogP contribution in [0.5, 0.6) is 0 Å². The van der Waals surface area contributed by atoms with Crippen molar-refractivity contribution in [2.45, 2.75) is 31.8 Å². The summed E-state index contributed by atoms with van der Waals surface area (Å²) in [5.74, 6) is -0.435. The molecule has 23 heavy (non-hydrogen) atoms. The monoisotopic (exact) mass is 344 g/mol. The van der Waals surface area contributed by atoms with Crippen molar-refractivity contribution in [1.82, 2.24) is 0 Å². The molecular formula is C19H22O2P2. The Hall–Kier alpha value is -0.780. The lowest BCUT2D eigenvalue weighted by Crippen LogP contribution is -2.35. The van der Waals surface area contributed by atoms with Gasteiger partial charge in [0.1, 0.15) is 0 Å². The number of benzene rings is 2. The lowest BCUT2D eigenvalue weighted by molar-refractivity contribution is -0.142. The lowest BCUT2D eigenvalue weighted by Gasteiger charge is -2.38. The van der Waals surface area contributed by atoms with E-state index in [1.165, 1.54) is 10.6 Å². The summed E-state index contributed by atoms with van der Waals surface area (Å²) in [7, 11) is -0.440. The summed E-state index contributed by atoms with van der Waals surface area (Å²) in [5, 5.41) is 3.01. The normalized spacial score (nSPS) is 32.4. The zero-order valence-corrected chi connectivity index (χ0v) is 15.3. The molecule has 4 rings (SSSR count). The molecule has 2 aromatic rings. The quantitative estimate of drug-likeness (QED) is 0.765. The second-order valence-corrected chi connectivity index (χ2v) is 12.8. The maximum Gasteiger partial charge on any atom is 0.163 e. The van der Waals surface area contributed by atoms with Crippen molar-refractivity contribution in [3.63, 3.8) is 0 Å². The van der Waals surface area contributed by atoms with Crippen LogP contribution in [0.25, 0.3) is 0 Å². The molecule has 0 bridgehead atoms. The minimum absolute atomic E-state index is 0.220. The fourth-order valence-electron chi connectivity index (χ4n) is 3.45. The highest BCUT2D eigenvalue weighted by Crippen LogP contribution is 2.71. The standard InChI is InChI=1S/C19H22O2P2/c1-19(2)20-17-13-22(15-9-5-3-6-10-15)23(14-18(17)21-19)16-11-7-4-8-12-16/h3-12,17-18H,13-14H2,1-2H3/t17-,18-,22?,23?/m0/s1. The van der Waals surface area contributed by atoms with E-state index in [1.807, 2.05) is 13.8 Å². The van der Waals surface area contributed by atoms with E-state index in [-0.39, 0.29) is 27.4 Å². The van der Waals surface area contributed by atoms with E-state index >= 15 is 0 Å². The van der Waals surface area contributed by atoms with Gasteiger partial charge in [-0.1, -0.05) is 60.7 Å². The molecule has 0 radical (unpaired) electrons. The predicted molar refractivity (Wildman–Crippen MR) is 99.6 cm³/mol. The number of ether oxygens (including phenoxy) is 2. The van der Waals surface area contributed by atoms with Gasteiger partial charge in [-0.25, -0.2) is 0 Å². The summed E-state index contributed by atoms with van der Waals surface area (Å²) in [6.07, 6.45) is 2.74. The van der Waals surface area contributed by atoms with Crippen molar-refractivity contribution in [3.05, 3.63) is 60.7 Å². The number of hydrogen-bond acceptors (Lipinski definition) is 2. The fraction of sp³-hybridized carbons (Fsp3) is 0.368.